The lowest BCUT2D eigenvalue weighted by Gasteiger charge is -2.26. The summed E-state index contributed by atoms with van der Waals surface area (Å²) in [6.45, 7) is 4.18. The Morgan fingerprint density at radius 3 is 2.82 bits per heavy atom. The molecule has 0 saturated heterocycles. The van der Waals surface area contributed by atoms with Gasteiger partial charge in [-0.2, -0.15) is 0 Å². The van der Waals surface area contributed by atoms with Gasteiger partial charge in [0.05, 0.1) is 12.5 Å². The maximum Gasteiger partial charge on any atom is 0.224 e. The Morgan fingerprint density at radius 1 is 1.18 bits per heavy atom. The highest BCUT2D eigenvalue weighted by atomic mass is 32.2. The predicted octanol–water partition coefficient (Wildman–Crippen LogP) is 4.20. The number of aryl methyl sites for hydroxylation is 2. The van der Waals surface area contributed by atoms with E-state index in [-0.39, 0.29) is 11.9 Å². The first-order valence-electron chi connectivity index (χ1n) is 7.71. The van der Waals surface area contributed by atoms with Crippen molar-refractivity contribution < 1.29 is 4.79 Å². The maximum absolute atomic E-state index is 12.4. The van der Waals surface area contributed by atoms with Gasteiger partial charge in [0.1, 0.15) is 0 Å². The molecule has 3 rings (SSSR count). The number of carbonyl (C=O) groups excluding carboxylic acids is 1. The van der Waals surface area contributed by atoms with E-state index in [0.29, 0.717) is 6.42 Å². The van der Waals surface area contributed by atoms with Crippen LogP contribution in [0.3, 0.4) is 0 Å². The minimum atomic E-state index is 0.106. The molecule has 1 heterocycles. The molecule has 2 aromatic rings. The van der Waals surface area contributed by atoms with Gasteiger partial charge in [-0.15, -0.1) is 11.8 Å². The molecule has 2 aromatic carbocycles. The molecule has 0 aliphatic carbocycles. The highest BCUT2D eigenvalue weighted by Gasteiger charge is 2.21. The first kappa shape index (κ1) is 15.2. The Balaban J connectivity index is 1.69. The molecule has 0 aromatic heterocycles. The number of fused-ring (bicyclic) bond motifs is 1. The highest BCUT2D eigenvalue weighted by molar-refractivity contribution is 7.99. The van der Waals surface area contributed by atoms with Crippen molar-refractivity contribution in [3.05, 3.63) is 64.7 Å². The molecule has 0 radical (unpaired) electrons. The number of amides is 1. The van der Waals surface area contributed by atoms with Gasteiger partial charge in [-0.25, -0.2) is 0 Å². The predicted molar refractivity (Wildman–Crippen MR) is 92.3 cm³/mol. The van der Waals surface area contributed by atoms with E-state index in [9.17, 15) is 4.79 Å². The molecule has 0 saturated carbocycles. The largest absolute Gasteiger partial charge is 0.349 e. The first-order chi connectivity index (χ1) is 10.6. The average molecular weight is 311 g/mol. The fourth-order valence-electron chi connectivity index (χ4n) is 2.84. The Bertz CT molecular complexity index is 696. The van der Waals surface area contributed by atoms with Gasteiger partial charge >= 0.3 is 0 Å². The molecule has 0 spiro atoms. The maximum atomic E-state index is 12.4. The molecular formula is C19H21NOS. The molecule has 0 bridgehead atoms. The lowest BCUT2D eigenvalue weighted by Crippen LogP contribution is -2.31. The lowest BCUT2D eigenvalue weighted by atomic mass is 10.0. The normalized spacial score (nSPS) is 16.9. The van der Waals surface area contributed by atoms with Crippen LogP contribution in [0.2, 0.25) is 0 Å². The van der Waals surface area contributed by atoms with Gasteiger partial charge in [0.25, 0.3) is 0 Å². The third-order valence-corrected chi connectivity index (χ3v) is 5.35. The molecule has 114 valence electrons. The van der Waals surface area contributed by atoms with Crippen molar-refractivity contribution in [1.29, 1.82) is 0 Å². The molecule has 1 amide bonds. The zero-order valence-corrected chi connectivity index (χ0v) is 13.9. The van der Waals surface area contributed by atoms with Crippen molar-refractivity contribution in [1.82, 2.24) is 5.32 Å². The van der Waals surface area contributed by atoms with E-state index in [1.165, 1.54) is 21.6 Å². The van der Waals surface area contributed by atoms with Crippen molar-refractivity contribution in [3.8, 4) is 0 Å². The van der Waals surface area contributed by atoms with Gasteiger partial charge in [0.15, 0.2) is 0 Å². The second kappa shape index (κ2) is 6.57. The third kappa shape index (κ3) is 3.36. The van der Waals surface area contributed by atoms with E-state index in [1.807, 2.05) is 23.9 Å². The minimum absolute atomic E-state index is 0.106. The quantitative estimate of drug-likeness (QED) is 0.920. The number of hydrogen-bond donors (Lipinski definition) is 1. The first-order valence-corrected chi connectivity index (χ1v) is 8.69. The highest BCUT2D eigenvalue weighted by Crippen LogP contribution is 2.35. The van der Waals surface area contributed by atoms with Crippen LogP contribution in [0.1, 0.15) is 34.7 Å². The molecular weight excluding hydrogens is 290 g/mol. The van der Waals surface area contributed by atoms with Gasteiger partial charge in [0.2, 0.25) is 5.91 Å². The summed E-state index contributed by atoms with van der Waals surface area (Å²) in [5.41, 5.74) is 4.85. The second-order valence-electron chi connectivity index (χ2n) is 5.89. The fourth-order valence-corrected chi connectivity index (χ4v) is 3.96. The number of carbonyl (C=O) groups is 1. The van der Waals surface area contributed by atoms with E-state index in [2.05, 4.69) is 49.5 Å². The number of rotatable bonds is 3. The standard InChI is InChI=1S/C19H21NOS/c1-13-7-8-15(11-14(13)2)12-19(21)20-17-9-10-22-18-6-4-3-5-16(17)18/h3-8,11,17H,9-10,12H2,1-2H3,(H,20,21). The van der Waals surface area contributed by atoms with E-state index < -0.39 is 0 Å². The average Bonchev–Trinajstić information content (AvgIpc) is 2.51. The summed E-state index contributed by atoms with van der Waals surface area (Å²) in [6, 6.07) is 14.8. The van der Waals surface area contributed by atoms with Crippen LogP contribution in [0.25, 0.3) is 0 Å². The summed E-state index contributed by atoms with van der Waals surface area (Å²) in [7, 11) is 0. The van der Waals surface area contributed by atoms with Crippen molar-refractivity contribution >= 4 is 17.7 Å². The zero-order valence-electron chi connectivity index (χ0n) is 13.1. The summed E-state index contributed by atoms with van der Waals surface area (Å²) in [5, 5.41) is 3.21. The molecule has 22 heavy (non-hydrogen) atoms. The minimum Gasteiger partial charge on any atom is -0.349 e. The molecule has 1 unspecified atom stereocenters. The van der Waals surface area contributed by atoms with Crippen molar-refractivity contribution in [2.45, 2.75) is 37.6 Å². The Kier molecular flexibility index (Phi) is 4.53. The van der Waals surface area contributed by atoms with Crippen molar-refractivity contribution in [3.63, 3.8) is 0 Å². The summed E-state index contributed by atoms with van der Waals surface area (Å²) in [4.78, 5) is 13.7. The second-order valence-corrected chi connectivity index (χ2v) is 7.03. The topological polar surface area (TPSA) is 29.1 Å². The number of benzene rings is 2. The molecule has 3 heteroatoms. The molecule has 1 N–H and O–H groups in total. The van der Waals surface area contributed by atoms with Crippen LogP contribution in [0, 0.1) is 13.8 Å². The van der Waals surface area contributed by atoms with Crippen LogP contribution in [-0.2, 0) is 11.2 Å². The Morgan fingerprint density at radius 2 is 2.00 bits per heavy atom. The zero-order chi connectivity index (χ0) is 15.5. The summed E-state index contributed by atoms with van der Waals surface area (Å²) < 4.78 is 0. The number of nitrogens with one attached hydrogen (secondary N) is 1. The SMILES string of the molecule is Cc1ccc(CC(=O)NC2CCSc3ccccc32)cc1C. The smallest absolute Gasteiger partial charge is 0.224 e. The summed E-state index contributed by atoms with van der Waals surface area (Å²) in [6.07, 6.45) is 1.45. The molecule has 2 nitrogen and oxygen atoms in total. The van der Waals surface area contributed by atoms with Gasteiger partial charge in [-0.3, -0.25) is 4.79 Å². The van der Waals surface area contributed by atoms with E-state index >= 15 is 0 Å². The van der Waals surface area contributed by atoms with Gasteiger partial charge in [-0.1, -0.05) is 36.4 Å². The van der Waals surface area contributed by atoms with Crippen molar-refractivity contribution in [2.24, 2.45) is 0 Å². The summed E-state index contributed by atoms with van der Waals surface area (Å²) in [5.74, 6) is 1.17. The van der Waals surface area contributed by atoms with E-state index in [4.69, 9.17) is 0 Å². The Hall–Kier alpha value is -1.74. The third-order valence-electron chi connectivity index (χ3n) is 4.23. The Labute approximate surface area is 136 Å². The van der Waals surface area contributed by atoms with E-state index in [0.717, 1.165) is 17.7 Å². The van der Waals surface area contributed by atoms with Crippen LogP contribution in [-0.4, -0.2) is 11.7 Å². The fraction of sp³-hybridized carbons (Fsp3) is 0.316. The van der Waals surface area contributed by atoms with Gasteiger partial charge in [-0.05, 0) is 48.6 Å². The van der Waals surface area contributed by atoms with Crippen LogP contribution >= 0.6 is 11.8 Å². The van der Waals surface area contributed by atoms with Crippen LogP contribution in [0.15, 0.2) is 47.4 Å². The van der Waals surface area contributed by atoms with Crippen molar-refractivity contribution in [2.75, 3.05) is 5.75 Å². The van der Waals surface area contributed by atoms with E-state index in [1.54, 1.807) is 0 Å². The number of hydrogen-bond acceptors (Lipinski definition) is 2. The lowest BCUT2D eigenvalue weighted by molar-refractivity contribution is -0.121. The van der Waals surface area contributed by atoms with Crippen LogP contribution in [0.5, 0.6) is 0 Å². The van der Waals surface area contributed by atoms with Crippen LogP contribution < -0.4 is 5.32 Å². The van der Waals surface area contributed by atoms with Gasteiger partial charge in [0, 0.05) is 10.6 Å². The van der Waals surface area contributed by atoms with Gasteiger partial charge < -0.3 is 5.32 Å². The van der Waals surface area contributed by atoms with Crippen LogP contribution in [0.4, 0.5) is 0 Å². The monoisotopic (exact) mass is 311 g/mol. The molecule has 1 aliphatic heterocycles. The summed E-state index contributed by atoms with van der Waals surface area (Å²) >= 11 is 1.88. The molecule has 0 fully saturated rings. The molecule has 1 atom stereocenters. The number of thioether (sulfide) groups is 1. The molecule has 1 aliphatic rings.